The SMILES string of the molecule is [B]CCC[C@H]1CN(C(=O)C(C)C)C[C@@]1(N)C(=O)O. The largest absolute Gasteiger partial charge is 0.480 e. The van der Waals surface area contributed by atoms with Gasteiger partial charge in [0, 0.05) is 24.9 Å². The van der Waals surface area contributed by atoms with Crippen molar-refractivity contribution < 1.29 is 14.7 Å². The molecule has 6 heteroatoms. The monoisotopic (exact) mass is 252 g/mol. The summed E-state index contributed by atoms with van der Waals surface area (Å²) < 4.78 is 0. The topological polar surface area (TPSA) is 83.6 Å². The number of hydrogen-bond donors (Lipinski definition) is 2. The normalized spacial score (nSPS) is 27.8. The van der Waals surface area contributed by atoms with Gasteiger partial charge in [-0.25, -0.2) is 0 Å². The zero-order valence-corrected chi connectivity index (χ0v) is 11.1. The fraction of sp³-hybridized carbons (Fsp3) is 0.833. The van der Waals surface area contributed by atoms with Crippen molar-refractivity contribution in [1.82, 2.24) is 4.90 Å². The van der Waals surface area contributed by atoms with Crippen LogP contribution in [0.25, 0.3) is 0 Å². The quantitative estimate of drug-likeness (QED) is 0.687. The molecule has 1 heterocycles. The maximum absolute atomic E-state index is 11.9. The standard InChI is InChI=1S/C12H21BN2O3/c1-8(2)10(16)15-6-9(4-3-5-13)12(14,7-15)11(17)18/h8-9H,3-7,14H2,1-2H3,(H,17,18)/t9-,12-/m0/s1. The van der Waals surface area contributed by atoms with Gasteiger partial charge in [0.25, 0.3) is 0 Å². The van der Waals surface area contributed by atoms with Crippen molar-refractivity contribution in [2.45, 2.75) is 38.5 Å². The molecule has 0 saturated carbocycles. The molecule has 18 heavy (non-hydrogen) atoms. The molecule has 2 atom stereocenters. The molecule has 1 aliphatic heterocycles. The number of hydrogen-bond acceptors (Lipinski definition) is 3. The molecule has 0 bridgehead atoms. The summed E-state index contributed by atoms with van der Waals surface area (Å²) in [6.07, 6.45) is 1.87. The zero-order chi connectivity index (χ0) is 13.9. The lowest BCUT2D eigenvalue weighted by Crippen LogP contribution is -2.55. The number of amides is 1. The highest BCUT2D eigenvalue weighted by atomic mass is 16.4. The molecule has 5 nitrogen and oxygen atoms in total. The van der Waals surface area contributed by atoms with E-state index in [-0.39, 0.29) is 24.3 Å². The van der Waals surface area contributed by atoms with E-state index in [9.17, 15) is 14.7 Å². The summed E-state index contributed by atoms with van der Waals surface area (Å²) in [5.74, 6) is -1.44. The Morgan fingerprint density at radius 2 is 2.17 bits per heavy atom. The predicted octanol–water partition coefficient (Wildman–Crippen LogP) is 0.250. The maximum atomic E-state index is 11.9. The van der Waals surface area contributed by atoms with E-state index in [4.69, 9.17) is 13.6 Å². The Bertz CT molecular complexity index is 335. The van der Waals surface area contributed by atoms with Gasteiger partial charge in [-0.05, 0) is 6.42 Å². The highest BCUT2D eigenvalue weighted by Gasteiger charge is 2.50. The molecule has 0 aromatic rings. The second-order valence-electron chi connectivity index (χ2n) is 5.35. The molecule has 1 saturated heterocycles. The third kappa shape index (κ3) is 2.86. The minimum Gasteiger partial charge on any atom is -0.480 e. The second kappa shape index (κ2) is 5.74. The van der Waals surface area contributed by atoms with Gasteiger partial charge in [0.15, 0.2) is 0 Å². The van der Waals surface area contributed by atoms with Crippen LogP contribution in [0.5, 0.6) is 0 Å². The lowest BCUT2D eigenvalue weighted by atomic mass is 9.83. The van der Waals surface area contributed by atoms with Crippen LogP contribution < -0.4 is 5.73 Å². The predicted molar refractivity (Wildman–Crippen MR) is 69.3 cm³/mol. The summed E-state index contributed by atoms with van der Waals surface area (Å²) in [7, 11) is 5.45. The van der Waals surface area contributed by atoms with Crippen LogP contribution in [0.3, 0.4) is 0 Å². The van der Waals surface area contributed by atoms with Crippen molar-refractivity contribution in [2.75, 3.05) is 13.1 Å². The number of carboxylic acid groups (broad SMARTS) is 1. The van der Waals surface area contributed by atoms with Crippen LogP contribution in [0, 0.1) is 11.8 Å². The lowest BCUT2D eigenvalue weighted by molar-refractivity contribution is -0.144. The van der Waals surface area contributed by atoms with E-state index in [1.54, 1.807) is 18.7 Å². The summed E-state index contributed by atoms with van der Waals surface area (Å²) in [6.45, 7) is 4.11. The van der Waals surface area contributed by atoms with Gasteiger partial charge >= 0.3 is 5.97 Å². The van der Waals surface area contributed by atoms with Crippen LogP contribution in [0.2, 0.25) is 6.32 Å². The van der Waals surface area contributed by atoms with E-state index in [1.165, 1.54) is 0 Å². The number of carbonyl (C=O) groups is 2. The van der Waals surface area contributed by atoms with Gasteiger partial charge in [0.2, 0.25) is 5.91 Å². The van der Waals surface area contributed by atoms with Gasteiger partial charge in [-0.1, -0.05) is 26.6 Å². The molecule has 1 aliphatic rings. The van der Waals surface area contributed by atoms with Crippen LogP contribution in [0.1, 0.15) is 26.7 Å². The lowest BCUT2D eigenvalue weighted by Gasteiger charge is -2.25. The van der Waals surface area contributed by atoms with Crippen LogP contribution >= 0.6 is 0 Å². The molecule has 3 N–H and O–H groups in total. The Hall–Kier alpha value is -1.04. The van der Waals surface area contributed by atoms with Crippen molar-refractivity contribution in [3.05, 3.63) is 0 Å². The van der Waals surface area contributed by atoms with Gasteiger partial charge in [-0.15, -0.1) is 0 Å². The van der Waals surface area contributed by atoms with Crippen LogP contribution in [0.4, 0.5) is 0 Å². The first-order chi connectivity index (χ1) is 8.32. The molecule has 0 spiro atoms. The number of aliphatic carboxylic acids is 1. The Morgan fingerprint density at radius 1 is 1.56 bits per heavy atom. The fourth-order valence-electron chi connectivity index (χ4n) is 2.43. The first kappa shape index (κ1) is 15.0. The van der Waals surface area contributed by atoms with Gasteiger partial charge < -0.3 is 15.7 Å². The van der Waals surface area contributed by atoms with Crippen molar-refractivity contribution in [1.29, 1.82) is 0 Å². The minimum atomic E-state index is -1.33. The van der Waals surface area contributed by atoms with E-state index in [0.29, 0.717) is 19.3 Å². The van der Waals surface area contributed by atoms with E-state index in [0.717, 1.165) is 6.42 Å². The number of likely N-dealkylation sites (tertiary alicyclic amines) is 1. The van der Waals surface area contributed by atoms with E-state index < -0.39 is 11.5 Å². The Kier molecular flexibility index (Phi) is 4.79. The third-order valence-corrected chi connectivity index (χ3v) is 3.58. The smallest absolute Gasteiger partial charge is 0.325 e. The summed E-state index contributed by atoms with van der Waals surface area (Å²) in [6, 6.07) is 0. The molecule has 0 aromatic heterocycles. The van der Waals surface area contributed by atoms with Crippen LogP contribution in [0.15, 0.2) is 0 Å². The first-order valence-electron chi connectivity index (χ1n) is 6.34. The van der Waals surface area contributed by atoms with Crippen molar-refractivity contribution in [3.63, 3.8) is 0 Å². The molecular formula is C12H21BN2O3. The van der Waals surface area contributed by atoms with Crippen molar-refractivity contribution in [3.8, 4) is 0 Å². The summed E-state index contributed by atoms with van der Waals surface area (Å²) in [4.78, 5) is 24.8. The molecular weight excluding hydrogens is 231 g/mol. The molecule has 0 aliphatic carbocycles. The second-order valence-corrected chi connectivity index (χ2v) is 5.35. The first-order valence-corrected chi connectivity index (χ1v) is 6.34. The Labute approximate surface area is 109 Å². The van der Waals surface area contributed by atoms with Gasteiger partial charge in [-0.3, -0.25) is 9.59 Å². The summed E-state index contributed by atoms with van der Waals surface area (Å²) in [5.41, 5.74) is 4.65. The Balaban J connectivity index is 2.82. The number of rotatable bonds is 5. The number of nitrogens with two attached hydrogens (primary N) is 1. The number of nitrogens with zero attached hydrogens (tertiary/aromatic N) is 1. The third-order valence-electron chi connectivity index (χ3n) is 3.58. The summed E-state index contributed by atoms with van der Waals surface area (Å²) >= 11 is 0. The van der Waals surface area contributed by atoms with Crippen LogP contribution in [-0.4, -0.2) is 48.4 Å². The van der Waals surface area contributed by atoms with E-state index in [2.05, 4.69) is 0 Å². The van der Waals surface area contributed by atoms with Gasteiger partial charge in [0.1, 0.15) is 5.54 Å². The fourth-order valence-corrected chi connectivity index (χ4v) is 2.43. The van der Waals surface area contributed by atoms with Crippen molar-refractivity contribution >= 4 is 19.7 Å². The molecule has 1 rings (SSSR count). The highest BCUT2D eigenvalue weighted by molar-refractivity contribution is 6.08. The Morgan fingerprint density at radius 3 is 2.61 bits per heavy atom. The van der Waals surface area contributed by atoms with Gasteiger partial charge in [-0.2, -0.15) is 0 Å². The minimum absolute atomic E-state index is 0.0404. The highest BCUT2D eigenvalue weighted by Crippen LogP contribution is 2.31. The molecule has 1 amide bonds. The number of carbonyl (C=O) groups excluding carboxylic acids is 1. The molecule has 2 radical (unpaired) electrons. The van der Waals surface area contributed by atoms with Gasteiger partial charge in [0.05, 0.1) is 7.85 Å². The van der Waals surface area contributed by atoms with Crippen molar-refractivity contribution in [2.24, 2.45) is 17.6 Å². The average Bonchev–Trinajstić information content (AvgIpc) is 2.64. The summed E-state index contributed by atoms with van der Waals surface area (Å²) in [5, 5.41) is 9.29. The maximum Gasteiger partial charge on any atom is 0.325 e. The van der Waals surface area contributed by atoms with Crippen LogP contribution in [-0.2, 0) is 9.59 Å². The van der Waals surface area contributed by atoms with E-state index >= 15 is 0 Å². The average molecular weight is 252 g/mol. The zero-order valence-electron chi connectivity index (χ0n) is 11.1. The molecule has 0 aromatic carbocycles. The molecule has 0 unspecified atom stereocenters. The molecule has 100 valence electrons. The molecule has 1 fully saturated rings. The van der Waals surface area contributed by atoms with E-state index in [1.807, 2.05) is 0 Å². The number of carboxylic acids is 1.